The molecule has 156 valence electrons. The molecule has 2 aromatic carbocycles. The van der Waals surface area contributed by atoms with Crippen LogP contribution in [0, 0.1) is 5.82 Å². The van der Waals surface area contributed by atoms with E-state index in [1.54, 1.807) is 13.1 Å². The molecule has 1 fully saturated rings. The van der Waals surface area contributed by atoms with Crippen LogP contribution >= 0.6 is 0 Å². The minimum Gasteiger partial charge on any atom is -0.356 e. The highest BCUT2D eigenvalue weighted by Crippen LogP contribution is 2.48. The molecule has 1 saturated carbocycles. The van der Waals surface area contributed by atoms with Crippen molar-refractivity contribution >= 4 is 15.8 Å². The molecule has 2 N–H and O–H groups in total. The Morgan fingerprint density at radius 2 is 1.76 bits per heavy atom. The van der Waals surface area contributed by atoms with E-state index in [2.05, 4.69) is 15.6 Å². The van der Waals surface area contributed by atoms with Crippen LogP contribution in [-0.2, 0) is 21.0 Å². The minimum atomic E-state index is -3.15. The first-order valence-electron chi connectivity index (χ1n) is 9.88. The van der Waals surface area contributed by atoms with E-state index in [9.17, 15) is 12.8 Å². The summed E-state index contributed by atoms with van der Waals surface area (Å²) in [6.45, 7) is 1.10. The third-order valence-electron chi connectivity index (χ3n) is 5.27. The molecule has 0 bridgehead atoms. The van der Waals surface area contributed by atoms with Crippen molar-refractivity contribution in [2.24, 2.45) is 4.99 Å². The van der Waals surface area contributed by atoms with Crippen LogP contribution < -0.4 is 10.6 Å². The molecular formula is C22H28FN3O2S. The molecule has 0 radical (unpaired) electrons. The molecule has 0 saturated heterocycles. The third-order valence-corrected chi connectivity index (χ3v) is 6.95. The lowest BCUT2D eigenvalue weighted by atomic mass is 9.95. The number of benzene rings is 2. The van der Waals surface area contributed by atoms with E-state index < -0.39 is 9.84 Å². The van der Waals surface area contributed by atoms with Crippen LogP contribution in [0.2, 0.25) is 0 Å². The lowest BCUT2D eigenvalue weighted by Gasteiger charge is -2.19. The summed E-state index contributed by atoms with van der Waals surface area (Å²) >= 11 is 0. The van der Waals surface area contributed by atoms with Crippen molar-refractivity contribution in [1.29, 1.82) is 0 Å². The Kier molecular flexibility index (Phi) is 6.90. The molecule has 29 heavy (non-hydrogen) atoms. The molecule has 3 rings (SSSR count). The minimum absolute atomic E-state index is 0.0615. The smallest absolute Gasteiger partial charge is 0.191 e. The van der Waals surface area contributed by atoms with Crippen LogP contribution in [0.15, 0.2) is 59.6 Å². The van der Waals surface area contributed by atoms with Crippen molar-refractivity contribution in [1.82, 2.24) is 10.6 Å². The van der Waals surface area contributed by atoms with E-state index in [1.165, 1.54) is 6.07 Å². The zero-order chi connectivity index (χ0) is 20.7. The van der Waals surface area contributed by atoms with Gasteiger partial charge in [-0.15, -0.1) is 0 Å². The quantitative estimate of drug-likeness (QED) is 0.374. The topological polar surface area (TPSA) is 70.6 Å². The number of hydrogen-bond donors (Lipinski definition) is 2. The summed E-state index contributed by atoms with van der Waals surface area (Å²) in [5.41, 5.74) is 1.37. The van der Waals surface area contributed by atoms with Gasteiger partial charge >= 0.3 is 0 Å². The third kappa shape index (κ3) is 6.03. The summed E-state index contributed by atoms with van der Waals surface area (Å²) in [4.78, 5) is 4.19. The number of nitrogens with one attached hydrogen (secondary N) is 2. The van der Waals surface area contributed by atoms with E-state index in [1.807, 2.05) is 42.5 Å². The maximum absolute atomic E-state index is 14.1. The van der Waals surface area contributed by atoms with Gasteiger partial charge in [-0.05, 0) is 36.5 Å². The van der Waals surface area contributed by atoms with Crippen LogP contribution in [0.4, 0.5) is 4.39 Å². The van der Waals surface area contributed by atoms with Crippen molar-refractivity contribution in [3.63, 3.8) is 0 Å². The summed E-state index contributed by atoms with van der Waals surface area (Å²) in [5, 5.41) is 6.41. The Hall–Kier alpha value is -2.41. The van der Waals surface area contributed by atoms with Gasteiger partial charge in [-0.2, -0.15) is 0 Å². The molecule has 0 heterocycles. The first-order valence-corrected chi connectivity index (χ1v) is 11.7. The SMILES string of the molecule is CN=C(NCCCS(=O)(=O)Cc1ccccc1)NCC1(c2ccccc2F)CC1. The highest BCUT2D eigenvalue weighted by atomic mass is 32.2. The Morgan fingerprint density at radius 1 is 1.07 bits per heavy atom. The van der Waals surface area contributed by atoms with E-state index in [0.717, 1.165) is 24.0 Å². The van der Waals surface area contributed by atoms with E-state index in [0.29, 0.717) is 25.5 Å². The lowest BCUT2D eigenvalue weighted by Crippen LogP contribution is -2.42. The van der Waals surface area contributed by atoms with Gasteiger partial charge in [0.25, 0.3) is 0 Å². The van der Waals surface area contributed by atoms with Crippen LogP contribution in [0.25, 0.3) is 0 Å². The molecule has 2 aromatic rings. The van der Waals surface area contributed by atoms with Gasteiger partial charge in [-0.3, -0.25) is 4.99 Å². The zero-order valence-electron chi connectivity index (χ0n) is 16.7. The Bertz CT molecular complexity index is 942. The molecule has 0 aromatic heterocycles. The lowest BCUT2D eigenvalue weighted by molar-refractivity contribution is 0.559. The molecule has 1 aliphatic carbocycles. The predicted octanol–water partition coefficient (Wildman–Crippen LogP) is 3.03. The van der Waals surface area contributed by atoms with Crippen molar-refractivity contribution in [3.8, 4) is 0 Å². The molecule has 7 heteroatoms. The van der Waals surface area contributed by atoms with Crippen molar-refractivity contribution in [2.75, 3.05) is 25.9 Å². The molecule has 0 atom stereocenters. The fourth-order valence-electron chi connectivity index (χ4n) is 3.46. The van der Waals surface area contributed by atoms with Crippen molar-refractivity contribution in [2.45, 2.75) is 30.4 Å². The molecule has 0 unspecified atom stereocenters. The number of halogens is 1. The first-order chi connectivity index (χ1) is 13.9. The summed E-state index contributed by atoms with van der Waals surface area (Å²) in [6.07, 6.45) is 2.37. The number of rotatable bonds is 9. The van der Waals surface area contributed by atoms with Crippen LogP contribution in [0.3, 0.4) is 0 Å². The zero-order valence-corrected chi connectivity index (χ0v) is 17.5. The van der Waals surface area contributed by atoms with Gasteiger partial charge in [-0.25, -0.2) is 12.8 Å². The van der Waals surface area contributed by atoms with Gasteiger partial charge in [0, 0.05) is 25.6 Å². The van der Waals surface area contributed by atoms with Gasteiger partial charge in [0.2, 0.25) is 0 Å². The molecule has 1 aliphatic rings. The summed E-state index contributed by atoms with van der Waals surface area (Å²) in [7, 11) is -1.48. The van der Waals surface area contributed by atoms with E-state index in [-0.39, 0.29) is 22.7 Å². The highest BCUT2D eigenvalue weighted by Gasteiger charge is 2.45. The molecule has 0 amide bonds. The van der Waals surface area contributed by atoms with Crippen LogP contribution in [-0.4, -0.2) is 40.3 Å². The summed E-state index contributed by atoms with van der Waals surface area (Å²) < 4.78 is 38.6. The Balaban J connectivity index is 1.43. The summed E-state index contributed by atoms with van der Waals surface area (Å²) in [6, 6.07) is 16.1. The summed E-state index contributed by atoms with van der Waals surface area (Å²) in [5.74, 6) is 0.614. The predicted molar refractivity (Wildman–Crippen MR) is 115 cm³/mol. The Labute approximate surface area is 172 Å². The molecule has 5 nitrogen and oxygen atoms in total. The average Bonchev–Trinajstić information content (AvgIpc) is 3.49. The first kappa shape index (κ1) is 21.3. The molecule has 0 spiro atoms. The van der Waals surface area contributed by atoms with Crippen LogP contribution in [0.1, 0.15) is 30.4 Å². The van der Waals surface area contributed by atoms with Crippen molar-refractivity contribution in [3.05, 3.63) is 71.5 Å². The number of sulfone groups is 1. The normalized spacial score (nSPS) is 15.7. The Morgan fingerprint density at radius 3 is 2.41 bits per heavy atom. The van der Waals surface area contributed by atoms with Crippen LogP contribution in [0.5, 0.6) is 0 Å². The second-order valence-corrected chi connectivity index (χ2v) is 9.73. The van der Waals surface area contributed by atoms with Gasteiger partial charge in [0.05, 0.1) is 11.5 Å². The van der Waals surface area contributed by atoms with Gasteiger partial charge in [0.15, 0.2) is 15.8 Å². The monoisotopic (exact) mass is 417 g/mol. The fraction of sp³-hybridized carbons (Fsp3) is 0.409. The molecule has 0 aliphatic heterocycles. The number of aliphatic imine (C=N–C) groups is 1. The maximum atomic E-state index is 14.1. The van der Waals surface area contributed by atoms with Gasteiger partial charge in [0.1, 0.15) is 5.82 Å². The highest BCUT2D eigenvalue weighted by molar-refractivity contribution is 7.90. The fourth-order valence-corrected chi connectivity index (χ4v) is 4.89. The number of nitrogens with zero attached hydrogens (tertiary/aromatic N) is 1. The largest absolute Gasteiger partial charge is 0.356 e. The van der Waals surface area contributed by atoms with Crippen molar-refractivity contribution < 1.29 is 12.8 Å². The van der Waals surface area contributed by atoms with E-state index >= 15 is 0 Å². The van der Waals surface area contributed by atoms with Gasteiger partial charge < -0.3 is 10.6 Å². The number of hydrogen-bond acceptors (Lipinski definition) is 3. The van der Waals surface area contributed by atoms with Gasteiger partial charge in [-0.1, -0.05) is 48.5 Å². The van der Waals surface area contributed by atoms with E-state index in [4.69, 9.17) is 0 Å². The second-order valence-electron chi connectivity index (χ2n) is 7.54. The average molecular weight is 418 g/mol. The number of guanidine groups is 1. The maximum Gasteiger partial charge on any atom is 0.191 e. The molecular weight excluding hydrogens is 389 g/mol. The second kappa shape index (κ2) is 9.39. The standard InChI is InChI=1S/C22H28FN3O2S/c1-24-21(26-17-22(12-13-22)19-10-5-6-11-20(19)23)25-14-7-15-29(27,28)16-18-8-3-2-4-9-18/h2-6,8-11H,7,12-17H2,1H3,(H2,24,25,26).